The molecule has 1 atom stereocenters. The number of carboxylic acid groups (broad SMARTS) is 1. The fourth-order valence-corrected chi connectivity index (χ4v) is 1.47. The van der Waals surface area contributed by atoms with Gasteiger partial charge in [-0.1, -0.05) is 19.4 Å². The summed E-state index contributed by atoms with van der Waals surface area (Å²) in [6.45, 7) is 6.51. The largest absolute Gasteiger partial charge is 0.481 e. The Morgan fingerprint density at radius 2 is 2.06 bits per heavy atom. The van der Waals surface area contributed by atoms with Gasteiger partial charge in [-0.3, -0.25) is 4.79 Å². The van der Waals surface area contributed by atoms with E-state index in [4.69, 9.17) is 14.6 Å². The highest BCUT2D eigenvalue weighted by atomic mass is 16.7. The van der Waals surface area contributed by atoms with Gasteiger partial charge in [-0.2, -0.15) is 0 Å². The maximum Gasteiger partial charge on any atom is 0.306 e. The zero-order valence-corrected chi connectivity index (χ0v) is 10.6. The topological polar surface area (TPSA) is 55.8 Å². The van der Waals surface area contributed by atoms with Crippen molar-refractivity contribution in [2.75, 3.05) is 20.5 Å². The normalized spacial score (nSPS) is 14.5. The zero-order chi connectivity index (χ0) is 12.6. The third-order valence-corrected chi connectivity index (χ3v) is 2.54. The molecule has 0 heterocycles. The van der Waals surface area contributed by atoms with E-state index in [2.05, 4.69) is 0 Å². The predicted octanol–water partition coefficient (Wildman–Crippen LogP) is 2.44. The summed E-state index contributed by atoms with van der Waals surface area (Å²) in [5, 5.41) is 8.83. The molecule has 0 aliphatic heterocycles. The van der Waals surface area contributed by atoms with Crippen LogP contribution in [0.1, 0.15) is 33.6 Å². The molecule has 0 spiro atoms. The van der Waals surface area contributed by atoms with Crippen LogP contribution in [0.25, 0.3) is 0 Å². The third-order valence-electron chi connectivity index (χ3n) is 2.54. The Balaban J connectivity index is 4.31. The average molecular weight is 230 g/mol. The van der Waals surface area contributed by atoms with Crippen molar-refractivity contribution in [1.82, 2.24) is 0 Å². The molecule has 0 aromatic rings. The molecule has 0 aliphatic rings. The minimum atomic E-state index is -0.757. The van der Waals surface area contributed by atoms with Crippen LogP contribution in [0.15, 0.2) is 11.1 Å². The molecular weight excluding hydrogens is 208 g/mol. The van der Waals surface area contributed by atoms with E-state index in [0.29, 0.717) is 13.0 Å². The van der Waals surface area contributed by atoms with Crippen molar-refractivity contribution in [3.05, 3.63) is 11.1 Å². The molecule has 16 heavy (non-hydrogen) atoms. The lowest BCUT2D eigenvalue weighted by Gasteiger charge is -2.13. The number of hydrogen-bond donors (Lipinski definition) is 1. The second-order valence-corrected chi connectivity index (χ2v) is 3.94. The first-order valence-corrected chi connectivity index (χ1v) is 5.49. The SMILES string of the molecule is CC/C(COCOC)=C(\C)CC(C)C(=O)O. The van der Waals surface area contributed by atoms with Gasteiger partial charge in [0, 0.05) is 7.11 Å². The maximum absolute atomic E-state index is 10.7. The van der Waals surface area contributed by atoms with Crippen LogP contribution in [-0.2, 0) is 14.3 Å². The van der Waals surface area contributed by atoms with Gasteiger partial charge >= 0.3 is 5.97 Å². The Bertz CT molecular complexity index is 245. The summed E-state index contributed by atoms with van der Waals surface area (Å²) < 4.78 is 10.1. The lowest BCUT2D eigenvalue weighted by atomic mass is 9.97. The number of carbonyl (C=O) groups is 1. The smallest absolute Gasteiger partial charge is 0.306 e. The highest BCUT2D eigenvalue weighted by molar-refractivity contribution is 5.69. The summed E-state index contributed by atoms with van der Waals surface area (Å²) in [7, 11) is 1.58. The van der Waals surface area contributed by atoms with Crippen molar-refractivity contribution in [2.45, 2.75) is 33.6 Å². The van der Waals surface area contributed by atoms with Crippen LogP contribution in [0.5, 0.6) is 0 Å². The summed E-state index contributed by atoms with van der Waals surface area (Å²) >= 11 is 0. The quantitative estimate of drug-likeness (QED) is 0.395. The summed E-state index contributed by atoms with van der Waals surface area (Å²) in [5.41, 5.74) is 2.26. The molecule has 0 saturated carbocycles. The molecule has 0 aliphatic carbocycles. The van der Waals surface area contributed by atoms with Gasteiger partial charge < -0.3 is 14.6 Å². The first-order valence-electron chi connectivity index (χ1n) is 5.49. The van der Waals surface area contributed by atoms with Crippen molar-refractivity contribution >= 4 is 5.97 Å². The average Bonchev–Trinajstić information content (AvgIpc) is 2.24. The van der Waals surface area contributed by atoms with E-state index < -0.39 is 5.97 Å². The molecule has 0 aromatic carbocycles. The van der Waals surface area contributed by atoms with Gasteiger partial charge in [0.15, 0.2) is 0 Å². The van der Waals surface area contributed by atoms with E-state index in [1.165, 1.54) is 0 Å². The standard InChI is InChI=1S/C12H22O4/c1-5-11(7-16-8-15-4)9(2)6-10(3)12(13)14/h10H,5-8H2,1-4H3,(H,13,14)/b11-9-. The number of hydrogen-bond acceptors (Lipinski definition) is 3. The number of carboxylic acids is 1. The Kier molecular flexibility index (Phi) is 7.85. The van der Waals surface area contributed by atoms with Gasteiger partial charge in [-0.05, 0) is 25.3 Å². The van der Waals surface area contributed by atoms with E-state index in [-0.39, 0.29) is 12.7 Å². The van der Waals surface area contributed by atoms with Crippen LogP contribution in [0, 0.1) is 5.92 Å². The Labute approximate surface area is 97.2 Å². The molecule has 0 fully saturated rings. The molecule has 4 nitrogen and oxygen atoms in total. The first kappa shape index (κ1) is 15.1. The van der Waals surface area contributed by atoms with E-state index in [1.54, 1.807) is 14.0 Å². The minimum Gasteiger partial charge on any atom is -0.481 e. The molecule has 1 N–H and O–H groups in total. The van der Waals surface area contributed by atoms with Gasteiger partial charge in [0.1, 0.15) is 6.79 Å². The van der Waals surface area contributed by atoms with Crippen molar-refractivity contribution in [3.63, 3.8) is 0 Å². The van der Waals surface area contributed by atoms with E-state index in [0.717, 1.165) is 17.6 Å². The maximum atomic E-state index is 10.7. The van der Waals surface area contributed by atoms with E-state index in [1.807, 2.05) is 13.8 Å². The van der Waals surface area contributed by atoms with Crippen LogP contribution in [0.4, 0.5) is 0 Å². The van der Waals surface area contributed by atoms with Crippen LogP contribution >= 0.6 is 0 Å². The van der Waals surface area contributed by atoms with Crippen LogP contribution < -0.4 is 0 Å². The Hall–Kier alpha value is -0.870. The molecule has 0 rings (SSSR count). The van der Waals surface area contributed by atoms with E-state index in [9.17, 15) is 4.79 Å². The number of aliphatic carboxylic acids is 1. The van der Waals surface area contributed by atoms with Crippen LogP contribution in [0.3, 0.4) is 0 Å². The molecule has 4 heteroatoms. The second-order valence-electron chi connectivity index (χ2n) is 3.94. The molecular formula is C12H22O4. The van der Waals surface area contributed by atoms with Gasteiger partial charge in [-0.15, -0.1) is 0 Å². The van der Waals surface area contributed by atoms with Crippen molar-refractivity contribution < 1.29 is 19.4 Å². The third kappa shape index (κ3) is 5.88. The van der Waals surface area contributed by atoms with Gasteiger partial charge in [0.25, 0.3) is 0 Å². The fraction of sp³-hybridized carbons (Fsp3) is 0.750. The van der Waals surface area contributed by atoms with Gasteiger partial charge in [0.05, 0.1) is 12.5 Å². The lowest BCUT2D eigenvalue weighted by Crippen LogP contribution is -2.11. The first-order chi connectivity index (χ1) is 7.52. The molecule has 0 radical (unpaired) electrons. The number of ether oxygens (including phenoxy) is 2. The molecule has 94 valence electrons. The monoisotopic (exact) mass is 230 g/mol. The number of rotatable bonds is 8. The molecule has 1 unspecified atom stereocenters. The number of allylic oxidation sites excluding steroid dienone is 1. The fourth-order valence-electron chi connectivity index (χ4n) is 1.47. The summed E-state index contributed by atoms with van der Waals surface area (Å²) in [6.07, 6.45) is 1.46. The Morgan fingerprint density at radius 3 is 2.50 bits per heavy atom. The minimum absolute atomic E-state index is 0.269. The van der Waals surface area contributed by atoms with Crippen molar-refractivity contribution in [1.29, 1.82) is 0 Å². The lowest BCUT2D eigenvalue weighted by molar-refractivity contribution is -0.141. The Morgan fingerprint density at radius 1 is 1.44 bits per heavy atom. The zero-order valence-electron chi connectivity index (χ0n) is 10.6. The van der Waals surface area contributed by atoms with Gasteiger partial charge in [0.2, 0.25) is 0 Å². The van der Waals surface area contributed by atoms with Crippen molar-refractivity contribution in [2.24, 2.45) is 5.92 Å². The molecule has 0 saturated heterocycles. The summed E-state index contributed by atoms with van der Waals surface area (Å²) in [4.78, 5) is 10.7. The molecule has 0 amide bonds. The molecule has 0 bridgehead atoms. The van der Waals surface area contributed by atoms with Crippen LogP contribution in [-0.4, -0.2) is 31.6 Å². The summed E-state index contributed by atoms with van der Waals surface area (Å²) in [6, 6.07) is 0. The second kappa shape index (κ2) is 8.30. The number of methoxy groups -OCH3 is 1. The molecule has 0 aromatic heterocycles. The van der Waals surface area contributed by atoms with Crippen LogP contribution in [0.2, 0.25) is 0 Å². The highest BCUT2D eigenvalue weighted by Gasteiger charge is 2.13. The van der Waals surface area contributed by atoms with Gasteiger partial charge in [-0.25, -0.2) is 0 Å². The summed E-state index contributed by atoms with van der Waals surface area (Å²) in [5.74, 6) is -1.10. The van der Waals surface area contributed by atoms with E-state index >= 15 is 0 Å². The highest BCUT2D eigenvalue weighted by Crippen LogP contribution is 2.17. The van der Waals surface area contributed by atoms with Crippen molar-refractivity contribution in [3.8, 4) is 0 Å². The predicted molar refractivity (Wildman–Crippen MR) is 62.2 cm³/mol.